The molecule has 0 radical (unpaired) electrons. The highest BCUT2D eigenvalue weighted by Gasteiger charge is 2.46. The molecule has 1 aromatic heterocycles. The fourth-order valence-electron chi connectivity index (χ4n) is 7.28. The maximum atomic E-state index is 13.4. The van der Waals surface area contributed by atoms with Crippen molar-refractivity contribution in [1.82, 2.24) is 15.2 Å². The lowest BCUT2D eigenvalue weighted by molar-refractivity contribution is -0.159. The van der Waals surface area contributed by atoms with Gasteiger partial charge in [0.25, 0.3) is 5.91 Å². The molecule has 2 aliphatic carbocycles. The monoisotopic (exact) mass is 751 g/mol. The van der Waals surface area contributed by atoms with E-state index in [9.17, 15) is 25.2 Å². The van der Waals surface area contributed by atoms with Crippen molar-refractivity contribution < 1.29 is 39.8 Å². The Bertz CT molecular complexity index is 1660. The number of hydrogen-bond acceptors (Lipinski definition) is 10. The molecule has 12 heteroatoms. The Labute approximate surface area is 316 Å². The van der Waals surface area contributed by atoms with Gasteiger partial charge in [-0.1, -0.05) is 48.9 Å². The molecule has 53 heavy (non-hydrogen) atoms. The van der Waals surface area contributed by atoms with Gasteiger partial charge in [0.05, 0.1) is 12.7 Å². The second kappa shape index (κ2) is 18.0. The molecule has 288 valence electrons. The molecule has 1 saturated heterocycles. The van der Waals surface area contributed by atoms with Gasteiger partial charge in [-0.15, -0.1) is 0 Å². The average Bonchev–Trinajstić information content (AvgIpc) is 4.14. The number of aliphatic hydroxyl groups excluding tert-OH is 5. The number of halogens is 1. The molecule has 1 amide bonds. The number of benzene rings is 2. The number of ether oxygens (including phenoxy) is 2. The number of aromatic nitrogens is 1. The molecule has 2 saturated carbocycles. The van der Waals surface area contributed by atoms with Crippen molar-refractivity contribution in [3.8, 4) is 16.9 Å². The number of amides is 1. The van der Waals surface area contributed by atoms with Crippen LogP contribution in [0.25, 0.3) is 11.1 Å². The van der Waals surface area contributed by atoms with Crippen molar-refractivity contribution in [2.24, 2.45) is 5.92 Å². The maximum Gasteiger partial charge on any atom is 0.254 e. The molecule has 5 unspecified atom stereocenters. The minimum absolute atomic E-state index is 0.144. The molecule has 6 N–H and O–H groups in total. The van der Waals surface area contributed by atoms with Crippen LogP contribution >= 0.6 is 11.6 Å². The van der Waals surface area contributed by atoms with E-state index in [2.05, 4.69) is 35.4 Å². The van der Waals surface area contributed by atoms with Crippen molar-refractivity contribution in [1.29, 1.82) is 0 Å². The van der Waals surface area contributed by atoms with Crippen LogP contribution in [0.5, 0.6) is 5.75 Å². The van der Waals surface area contributed by atoms with Crippen LogP contribution in [0.15, 0.2) is 60.9 Å². The summed E-state index contributed by atoms with van der Waals surface area (Å²) in [5.74, 6) is 0.512. The standard InChI is InChI=1S/C41H54ClN3O8/c1-26(5-4-18-45(24-27-13-19-52-20-14-27)40(51)39(50)38(49)37(48)35(47)25-46)28-8-11-34(42)29(21-28)22-44-41(15-16-41)33-23-43-17-12-31(33)32-6-2-3-7-36(32)53-30-9-10-30/h2-3,6-8,11-12,17,21,23,26-27,30,35,37-39,44,46-50H,4-5,9-10,13-16,18-20,22,24-25H2,1H3. The fraction of sp³-hybridized carbons (Fsp3) is 0.561. The Morgan fingerprint density at radius 2 is 1.79 bits per heavy atom. The zero-order valence-electron chi connectivity index (χ0n) is 30.4. The molecule has 3 fully saturated rings. The maximum absolute atomic E-state index is 13.4. The third kappa shape index (κ3) is 9.95. The summed E-state index contributed by atoms with van der Waals surface area (Å²) in [6.45, 7) is 3.82. The Morgan fingerprint density at radius 1 is 1.04 bits per heavy atom. The first-order valence-electron chi connectivity index (χ1n) is 19.0. The molecule has 6 rings (SSSR count). The molecule has 1 aliphatic heterocycles. The summed E-state index contributed by atoms with van der Waals surface area (Å²) in [5.41, 5.74) is 5.27. The SMILES string of the molecule is CC(CCCN(CC1CCOCC1)C(=O)C(O)C(O)C(O)C(O)CO)c1ccc(Cl)c(CNC2(c3cnccc3-c3ccccc3OC3CC3)CC2)c1. The van der Waals surface area contributed by atoms with E-state index in [1.54, 1.807) is 4.90 Å². The summed E-state index contributed by atoms with van der Waals surface area (Å²) < 4.78 is 11.8. The Hall–Kier alpha value is -3.13. The van der Waals surface area contributed by atoms with E-state index in [0.29, 0.717) is 50.4 Å². The summed E-state index contributed by atoms with van der Waals surface area (Å²) in [4.78, 5) is 19.5. The second-order valence-corrected chi connectivity index (χ2v) is 15.5. The van der Waals surface area contributed by atoms with Gasteiger partial charge < -0.3 is 45.2 Å². The van der Waals surface area contributed by atoms with Gasteiger partial charge in [0.2, 0.25) is 0 Å². The third-order valence-electron chi connectivity index (χ3n) is 11.0. The van der Waals surface area contributed by atoms with Gasteiger partial charge in [-0.2, -0.15) is 0 Å². The fourth-order valence-corrected chi connectivity index (χ4v) is 7.46. The number of carbonyl (C=O) groups is 1. The number of nitrogens with one attached hydrogen (secondary N) is 1. The highest BCUT2D eigenvalue weighted by Crippen LogP contribution is 2.50. The highest BCUT2D eigenvalue weighted by molar-refractivity contribution is 6.31. The van der Waals surface area contributed by atoms with E-state index in [4.69, 9.17) is 26.2 Å². The predicted molar refractivity (Wildman–Crippen MR) is 201 cm³/mol. The third-order valence-corrected chi connectivity index (χ3v) is 11.4. The molecular weight excluding hydrogens is 698 g/mol. The topological polar surface area (TPSA) is 165 Å². The van der Waals surface area contributed by atoms with Crippen molar-refractivity contribution in [3.63, 3.8) is 0 Å². The number of aliphatic hydroxyl groups is 5. The number of para-hydroxylation sites is 1. The van der Waals surface area contributed by atoms with Gasteiger partial charge in [-0.05, 0) is 104 Å². The summed E-state index contributed by atoms with van der Waals surface area (Å²) in [7, 11) is 0. The Kier molecular flexibility index (Phi) is 13.4. The normalized spacial score (nSPS) is 19.9. The summed E-state index contributed by atoms with van der Waals surface area (Å²) in [5, 5.41) is 54.7. The highest BCUT2D eigenvalue weighted by atomic mass is 35.5. The first-order chi connectivity index (χ1) is 25.6. The molecule has 2 aromatic carbocycles. The van der Waals surface area contributed by atoms with E-state index in [0.717, 1.165) is 78.5 Å². The van der Waals surface area contributed by atoms with Crippen LogP contribution in [0.4, 0.5) is 0 Å². The number of nitrogens with zero attached hydrogens (tertiary/aromatic N) is 2. The lowest BCUT2D eigenvalue weighted by Crippen LogP contribution is -2.53. The van der Waals surface area contributed by atoms with Gasteiger partial charge in [0.1, 0.15) is 24.1 Å². The molecule has 3 aromatic rings. The Morgan fingerprint density at radius 3 is 2.51 bits per heavy atom. The minimum atomic E-state index is -1.95. The van der Waals surface area contributed by atoms with E-state index >= 15 is 0 Å². The van der Waals surface area contributed by atoms with Crippen LogP contribution in [0.3, 0.4) is 0 Å². The number of hydrogen-bond donors (Lipinski definition) is 6. The second-order valence-electron chi connectivity index (χ2n) is 15.1. The Balaban J connectivity index is 1.09. The molecule has 3 aliphatic rings. The lowest BCUT2D eigenvalue weighted by Gasteiger charge is -2.33. The van der Waals surface area contributed by atoms with Crippen LogP contribution in [-0.4, -0.2) is 105 Å². The molecule has 5 atom stereocenters. The van der Waals surface area contributed by atoms with E-state index < -0.39 is 36.9 Å². The van der Waals surface area contributed by atoms with E-state index in [-0.39, 0.29) is 17.4 Å². The summed E-state index contributed by atoms with van der Waals surface area (Å²) in [6.07, 6.45) is 3.75. The smallest absolute Gasteiger partial charge is 0.254 e. The largest absolute Gasteiger partial charge is 0.490 e. The first-order valence-corrected chi connectivity index (χ1v) is 19.4. The van der Waals surface area contributed by atoms with Crippen LogP contribution in [0.1, 0.15) is 80.9 Å². The van der Waals surface area contributed by atoms with Gasteiger partial charge in [-0.25, -0.2) is 0 Å². The van der Waals surface area contributed by atoms with Crippen LogP contribution in [0, 0.1) is 5.92 Å². The quantitative estimate of drug-likeness (QED) is 0.104. The predicted octanol–water partition coefficient (Wildman–Crippen LogP) is 4.30. The summed E-state index contributed by atoms with van der Waals surface area (Å²) in [6, 6.07) is 16.4. The zero-order valence-corrected chi connectivity index (χ0v) is 31.2. The van der Waals surface area contributed by atoms with Gasteiger partial charge >= 0.3 is 0 Å². The molecule has 11 nitrogen and oxygen atoms in total. The molecule has 0 spiro atoms. The van der Waals surface area contributed by atoms with E-state index in [1.165, 1.54) is 0 Å². The molecule has 0 bridgehead atoms. The van der Waals surface area contributed by atoms with Crippen LogP contribution in [-0.2, 0) is 21.6 Å². The van der Waals surface area contributed by atoms with Crippen molar-refractivity contribution in [3.05, 3.63) is 82.6 Å². The average molecular weight is 752 g/mol. The molecular formula is C41H54ClN3O8. The van der Waals surface area contributed by atoms with Crippen LogP contribution in [0.2, 0.25) is 5.02 Å². The van der Waals surface area contributed by atoms with Crippen molar-refractivity contribution in [2.75, 3.05) is 32.9 Å². The number of rotatable bonds is 19. The summed E-state index contributed by atoms with van der Waals surface area (Å²) >= 11 is 6.76. The number of pyridine rings is 1. The van der Waals surface area contributed by atoms with Crippen molar-refractivity contribution >= 4 is 17.5 Å². The van der Waals surface area contributed by atoms with Crippen molar-refractivity contribution in [2.45, 2.75) is 107 Å². The minimum Gasteiger partial charge on any atom is -0.490 e. The van der Waals surface area contributed by atoms with Crippen LogP contribution < -0.4 is 10.1 Å². The first kappa shape index (κ1) is 39.6. The van der Waals surface area contributed by atoms with E-state index in [1.807, 2.05) is 42.7 Å². The van der Waals surface area contributed by atoms with Gasteiger partial charge in [0, 0.05) is 61.4 Å². The van der Waals surface area contributed by atoms with Gasteiger partial charge in [0.15, 0.2) is 6.10 Å². The lowest BCUT2D eigenvalue weighted by atomic mass is 9.93. The number of carbonyl (C=O) groups excluding carboxylic acids is 1. The molecule has 2 heterocycles. The van der Waals surface area contributed by atoms with Gasteiger partial charge in [-0.3, -0.25) is 9.78 Å². The zero-order chi connectivity index (χ0) is 37.5.